The molecule has 4 N–H and O–H groups in total. The zero-order valence-corrected chi connectivity index (χ0v) is 32.5. The summed E-state index contributed by atoms with van der Waals surface area (Å²) in [4.78, 5) is 53.3. The third kappa shape index (κ3) is 6.74. The Labute approximate surface area is 325 Å². The molecule has 2 bridgehead atoms. The fourth-order valence-corrected chi connectivity index (χ4v) is 9.98. The van der Waals surface area contributed by atoms with Crippen molar-refractivity contribution in [3.05, 3.63) is 81.4 Å². The molecule has 2 fully saturated rings. The maximum absolute atomic E-state index is 13.7. The maximum Gasteiger partial charge on any atom is 0.309 e. The van der Waals surface area contributed by atoms with E-state index in [4.69, 9.17) is 16.6 Å². The van der Waals surface area contributed by atoms with Crippen LogP contribution in [0.2, 0.25) is 5.02 Å². The summed E-state index contributed by atoms with van der Waals surface area (Å²) in [5.41, 5.74) is 6.90. The number of imidazole rings is 2. The molecule has 2 saturated carbocycles. The summed E-state index contributed by atoms with van der Waals surface area (Å²) >= 11 is 7.01. The number of nitrogens with one attached hydrogen (secondary N) is 2. The number of aliphatic carboxylic acids is 1. The van der Waals surface area contributed by atoms with E-state index in [1.54, 1.807) is 6.07 Å². The quantitative estimate of drug-likeness (QED) is 0.156. The number of aliphatic hydroxyl groups excluding tert-OH is 1. The number of carbonyl (C=O) groups excluding carboxylic acids is 2. The SMILES string of the molecule is Cc1c(NC(=O)c2nc3c(n2C)CCN(CCO)C3)cccc1-c1cccc(NC(=O)c2nc3c(n2C)CCN(CCC24CCC(C(=O)O)(CC2)C4)C3)c1Cl. The maximum atomic E-state index is 13.7. The first-order chi connectivity index (χ1) is 26.4. The smallest absolute Gasteiger partial charge is 0.309 e. The highest BCUT2D eigenvalue weighted by molar-refractivity contribution is 6.36. The fourth-order valence-electron chi connectivity index (χ4n) is 9.70. The Balaban J connectivity index is 0.942. The van der Waals surface area contributed by atoms with Crippen molar-refractivity contribution in [2.45, 2.75) is 71.4 Å². The second-order valence-electron chi connectivity index (χ2n) is 16.1. The summed E-state index contributed by atoms with van der Waals surface area (Å²) in [5, 5.41) is 25.6. The Morgan fingerprint density at radius 3 is 1.91 bits per heavy atom. The molecule has 2 aromatic heterocycles. The number of benzene rings is 2. The van der Waals surface area contributed by atoms with E-state index in [2.05, 4.69) is 25.4 Å². The van der Waals surface area contributed by atoms with Crippen LogP contribution in [-0.4, -0.2) is 89.7 Å². The molecule has 55 heavy (non-hydrogen) atoms. The molecule has 2 amide bonds. The molecule has 2 aliphatic heterocycles. The van der Waals surface area contributed by atoms with Gasteiger partial charge in [-0.2, -0.15) is 0 Å². The average molecular weight is 769 g/mol. The highest BCUT2D eigenvalue weighted by atomic mass is 35.5. The van der Waals surface area contributed by atoms with Crippen LogP contribution in [0.1, 0.15) is 88.1 Å². The number of carboxylic acid groups (broad SMARTS) is 1. The third-order valence-electron chi connectivity index (χ3n) is 13.0. The van der Waals surface area contributed by atoms with Crippen LogP contribution >= 0.6 is 11.6 Å². The molecule has 0 saturated heterocycles. The number of fused-ring (bicyclic) bond motifs is 4. The number of β-amino-alcohol motifs (C(OH)–C–C–N with tert-alkyl or cyclic N) is 1. The molecule has 13 nitrogen and oxygen atoms in total. The lowest BCUT2D eigenvalue weighted by atomic mass is 9.80. The second kappa shape index (κ2) is 14.5. The van der Waals surface area contributed by atoms with Crippen molar-refractivity contribution in [3.63, 3.8) is 0 Å². The Hall–Kier alpha value is -4.56. The van der Waals surface area contributed by atoms with Gasteiger partial charge in [0.1, 0.15) is 0 Å². The van der Waals surface area contributed by atoms with Crippen LogP contribution in [0.3, 0.4) is 0 Å². The lowest BCUT2D eigenvalue weighted by molar-refractivity contribution is -0.148. The Kier molecular flexibility index (Phi) is 9.85. The number of hydrogen-bond acceptors (Lipinski definition) is 8. The Bertz CT molecular complexity index is 2180. The highest BCUT2D eigenvalue weighted by Crippen LogP contribution is 2.63. The van der Waals surface area contributed by atoms with Gasteiger partial charge < -0.3 is 30.0 Å². The molecule has 0 unspecified atom stereocenters. The molecule has 0 spiro atoms. The number of rotatable bonds is 11. The number of carbonyl (C=O) groups is 3. The van der Waals surface area contributed by atoms with Crippen molar-refractivity contribution in [1.29, 1.82) is 0 Å². The zero-order chi connectivity index (χ0) is 38.6. The summed E-state index contributed by atoms with van der Waals surface area (Å²) in [7, 11) is 3.74. The molecule has 4 aliphatic rings. The van der Waals surface area contributed by atoms with Crippen LogP contribution in [0.15, 0.2) is 36.4 Å². The molecule has 14 heteroatoms. The first-order valence-corrected chi connectivity index (χ1v) is 19.7. The van der Waals surface area contributed by atoms with Crippen LogP contribution < -0.4 is 10.6 Å². The van der Waals surface area contributed by atoms with Crippen molar-refractivity contribution in [1.82, 2.24) is 28.9 Å². The number of nitrogens with zero attached hydrogens (tertiary/aromatic N) is 6. The van der Waals surface area contributed by atoms with Gasteiger partial charge >= 0.3 is 5.97 Å². The van der Waals surface area contributed by atoms with E-state index in [1.165, 1.54) is 0 Å². The van der Waals surface area contributed by atoms with Crippen molar-refractivity contribution in [2.75, 3.05) is 43.4 Å². The zero-order valence-electron chi connectivity index (χ0n) is 31.8. The van der Waals surface area contributed by atoms with Gasteiger partial charge in [0.25, 0.3) is 11.8 Å². The van der Waals surface area contributed by atoms with E-state index >= 15 is 0 Å². The number of hydrogen-bond donors (Lipinski definition) is 4. The van der Waals surface area contributed by atoms with Gasteiger partial charge in [0, 0.05) is 82.3 Å². The van der Waals surface area contributed by atoms with Crippen LogP contribution in [-0.2, 0) is 44.8 Å². The van der Waals surface area contributed by atoms with Gasteiger partial charge in [0.2, 0.25) is 0 Å². The molecular formula is C41H49ClN8O5. The van der Waals surface area contributed by atoms with Crippen molar-refractivity contribution < 1.29 is 24.6 Å². The minimum absolute atomic E-state index is 0.0811. The summed E-state index contributed by atoms with van der Waals surface area (Å²) in [6.45, 7) is 6.40. The van der Waals surface area contributed by atoms with Crippen LogP contribution in [0.25, 0.3) is 11.1 Å². The molecular weight excluding hydrogens is 720 g/mol. The van der Waals surface area contributed by atoms with E-state index in [1.807, 2.05) is 60.5 Å². The molecule has 4 heterocycles. The molecule has 0 atom stereocenters. The second-order valence-corrected chi connectivity index (χ2v) is 16.5. The summed E-state index contributed by atoms with van der Waals surface area (Å²) in [5.74, 6) is -0.632. The predicted octanol–water partition coefficient (Wildman–Crippen LogP) is 5.42. The minimum atomic E-state index is -0.625. The van der Waals surface area contributed by atoms with Gasteiger partial charge in [-0.15, -0.1) is 0 Å². The normalized spacial score (nSPS) is 22.1. The summed E-state index contributed by atoms with van der Waals surface area (Å²) in [6.07, 6.45) is 6.92. The molecule has 0 radical (unpaired) electrons. The third-order valence-corrected chi connectivity index (χ3v) is 13.4. The number of carboxylic acids is 1. The van der Waals surface area contributed by atoms with E-state index in [0.717, 1.165) is 105 Å². The Morgan fingerprint density at radius 2 is 1.35 bits per heavy atom. The van der Waals surface area contributed by atoms with Crippen molar-refractivity contribution >= 4 is 40.8 Å². The summed E-state index contributed by atoms with van der Waals surface area (Å²) < 4.78 is 3.74. The number of anilines is 2. The van der Waals surface area contributed by atoms with Gasteiger partial charge in [-0.3, -0.25) is 24.2 Å². The van der Waals surface area contributed by atoms with Gasteiger partial charge in [0.05, 0.1) is 34.1 Å². The van der Waals surface area contributed by atoms with E-state index < -0.39 is 11.4 Å². The Morgan fingerprint density at radius 1 is 0.800 bits per heavy atom. The van der Waals surface area contributed by atoms with Crippen LogP contribution in [0, 0.1) is 17.8 Å². The molecule has 290 valence electrons. The molecule has 4 aromatic rings. The van der Waals surface area contributed by atoms with Crippen LogP contribution in [0.4, 0.5) is 11.4 Å². The first-order valence-electron chi connectivity index (χ1n) is 19.3. The number of aromatic nitrogens is 4. The lowest BCUT2D eigenvalue weighted by Crippen LogP contribution is -2.34. The predicted molar refractivity (Wildman–Crippen MR) is 209 cm³/mol. The van der Waals surface area contributed by atoms with Crippen molar-refractivity contribution in [2.24, 2.45) is 24.9 Å². The first kappa shape index (κ1) is 37.4. The van der Waals surface area contributed by atoms with Crippen molar-refractivity contribution in [3.8, 4) is 11.1 Å². The topological polar surface area (TPSA) is 158 Å². The minimum Gasteiger partial charge on any atom is -0.481 e. The monoisotopic (exact) mass is 768 g/mol. The van der Waals surface area contributed by atoms with Crippen LogP contribution in [0.5, 0.6) is 0 Å². The molecule has 2 aliphatic carbocycles. The van der Waals surface area contributed by atoms with Gasteiger partial charge in [-0.25, -0.2) is 9.97 Å². The molecule has 2 aromatic carbocycles. The van der Waals surface area contributed by atoms with E-state index in [0.29, 0.717) is 53.2 Å². The average Bonchev–Trinajstić information content (AvgIpc) is 3.93. The van der Waals surface area contributed by atoms with Gasteiger partial charge in [-0.05, 0) is 80.7 Å². The van der Waals surface area contributed by atoms with Gasteiger partial charge in [-0.1, -0.05) is 35.9 Å². The van der Waals surface area contributed by atoms with E-state index in [-0.39, 0.29) is 23.8 Å². The summed E-state index contributed by atoms with van der Waals surface area (Å²) in [6, 6.07) is 11.2. The highest BCUT2D eigenvalue weighted by Gasteiger charge is 2.57. The number of halogens is 1. The van der Waals surface area contributed by atoms with E-state index in [9.17, 15) is 24.6 Å². The standard InChI is InChI=1S/C41H49ClN8O5/c1-25-26(6-4-8-28(25)45-37(52)35-44-31-23-50(20-21-51)18-11-33(31)47(35)2)27-7-5-9-29(34(27)42)46-38(53)36-43-30-22-49(17-10-32(30)48(36)3)19-16-40-12-14-41(24-40,15-13-40)39(54)55/h4-9,51H,10-24H2,1-3H3,(H,45,52)(H,46,53)(H,54,55). The number of aliphatic hydroxyl groups is 1. The fraction of sp³-hybridized carbons (Fsp3) is 0.488. The lowest BCUT2D eigenvalue weighted by Gasteiger charge is -2.32. The number of amides is 2. The van der Waals surface area contributed by atoms with Gasteiger partial charge in [0.15, 0.2) is 11.6 Å². The molecule has 8 rings (SSSR count). The largest absolute Gasteiger partial charge is 0.481 e.